The van der Waals surface area contributed by atoms with Gasteiger partial charge in [0.2, 0.25) is 0 Å². The van der Waals surface area contributed by atoms with Gasteiger partial charge in [-0.25, -0.2) is 8.78 Å². The van der Waals surface area contributed by atoms with E-state index in [-0.39, 0.29) is 18.3 Å². The summed E-state index contributed by atoms with van der Waals surface area (Å²) in [6, 6.07) is 3.04. The Hall–Kier alpha value is -1.00. The van der Waals surface area contributed by atoms with Gasteiger partial charge in [-0.15, -0.1) is 0 Å². The van der Waals surface area contributed by atoms with E-state index in [0.717, 1.165) is 25.7 Å². The van der Waals surface area contributed by atoms with Crippen molar-refractivity contribution in [2.75, 3.05) is 6.61 Å². The van der Waals surface area contributed by atoms with E-state index in [2.05, 4.69) is 0 Å². The lowest BCUT2D eigenvalue weighted by molar-refractivity contribution is 0.0198. The van der Waals surface area contributed by atoms with E-state index >= 15 is 0 Å². The summed E-state index contributed by atoms with van der Waals surface area (Å²) in [5, 5.41) is 0. The summed E-state index contributed by atoms with van der Waals surface area (Å²) in [5.74, 6) is -1.20. The Morgan fingerprint density at radius 1 is 1.17 bits per heavy atom. The molecule has 0 spiro atoms. The molecule has 1 unspecified atom stereocenters. The van der Waals surface area contributed by atoms with Crippen LogP contribution in [0.25, 0.3) is 0 Å². The highest BCUT2D eigenvalue weighted by molar-refractivity contribution is 5.23. The fraction of sp³-hybridized carbons (Fsp3) is 0.571. The molecule has 4 heteroatoms. The van der Waals surface area contributed by atoms with Gasteiger partial charge in [-0.2, -0.15) is 0 Å². The Morgan fingerprint density at radius 2 is 1.78 bits per heavy atom. The minimum absolute atomic E-state index is 0.0756. The third kappa shape index (κ3) is 3.27. The van der Waals surface area contributed by atoms with Gasteiger partial charge >= 0.3 is 0 Å². The fourth-order valence-electron chi connectivity index (χ4n) is 2.42. The molecule has 1 aromatic carbocycles. The van der Waals surface area contributed by atoms with Gasteiger partial charge in [-0.1, -0.05) is 25.3 Å². The number of benzene rings is 1. The first-order chi connectivity index (χ1) is 8.68. The molecule has 1 fully saturated rings. The largest absolute Gasteiger partial charge is 0.376 e. The first-order valence-electron chi connectivity index (χ1n) is 6.49. The van der Waals surface area contributed by atoms with Gasteiger partial charge in [0.15, 0.2) is 0 Å². The molecule has 2 N–H and O–H groups in total. The average Bonchev–Trinajstić information content (AvgIpc) is 2.37. The molecule has 0 aromatic heterocycles. The van der Waals surface area contributed by atoms with Crippen molar-refractivity contribution in [1.82, 2.24) is 0 Å². The molecule has 100 valence electrons. The van der Waals surface area contributed by atoms with E-state index in [1.807, 2.05) is 0 Å². The van der Waals surface area contributed by atoms with Crippen molar-refractivity contribution in [2.24, 2.45) is 5.73 Å². The van der Waals surface area contributed by atoms with E-state index < -0.39 is 17.7 Å². The molecular formula is C14H19F2NO. The molecule has 18 heavy (non-hydrogen) atoms. The summed E-state index contributed by atoms with van der Waals surface area (Å²) in [6.07, 6.45) is 5.80. The Kier molecular flexibility index (Phi) is 4.66. The number of nitrogens with two attached hydrogens (primary N) is 1. The summed E-state index contributed by atoms with van der Waals surface area (Å²) in [4.78, 5) is 0. The van der Waals surface area contributed by atoms with Crippen LogP contribution in [0.2, 0.25) is 0 Å². The van der Waals surface area contributed by atoms with Crippen LogP contribution in [0.3, 0.4) is 0 Å². The molecule has 0 bridgehead atoms. The van der Waals surface area contributed by atoms with Crippen molar-refractivity contribution in [2.45, 2.75) is 44.2 Å². The van der Waals surface area contributed by atoms with Crippen LogP contribution in [0.4, 0.5) is 8.78 Å². The smallest absolute Gasteiger partial charge is 0.130 e. The van der Waals surface area contributed by atoms with Gasteiger partial charge < -0.3 is 10.5 Å². The van der Waals surface area contributed by atoms with E-state index in [1.165, 1.54) is 24.6 Å². The minimum Gasteiger partial charge on any atom is -0.376 e. The van der Waals surface area contributed by atoms with Gasteiger partial charge in [-0.3, -0.25) is 0 Å². The lowest BCUT2D eigenvalue weighted by Gasteiger charge is -2.24. The fourth-order valence-corrected chi connectivity index (χ4v) is 2.42. The molecule has 1 atom stereocenters. The van der Waals surface area contributed by atoms with Crippen molar-refractivity contribution in [3.8, 4) is 0 Å². The van der Waals surface area contributed by atoms with Crippen LogP contribution in [0.1, 0.15) is 43.7 Å². The van der Waals surface area contributed by atoms with Crippen LogP contribution >= 0.6 is 0 Å². The number of rotatable bonds is 4. The van der Waals surface area contributed by atoms with E-state index in [4.69, 9.17) is 10.5 Å². The molecule has 0 heterocycles. The molecular weight excluding hydrogens is 236 g/mol. The topological polar surface area (TPSA) is 35.2 Å². The quantitative estimate of drug-likeness (QED) is 0.895. The first kappa shape index (κ1) is 13.4. The van der Waals surface area contributed by atoms with Gasteiger partial charge in [0.1, 0.15) is 11.6 Å². The minimum atomic E-state index is -0.742. The molecule has 0 amide bonds. The van der Waals surface area contributed by atoms with Crippen molar-refractivity contribution in [3.05, 3.63) is 35.4 Å². The summed E-state index contributed by atoms with van der Waals surface area (Å²) < 4.78 is 32.6. The Bertz CT molecular complexity index is 371. The Labute approximate surface area is 106 Å². The third-order valence-corrected chi connectivity index (χ3v) is 3.43. The van der Waals surface area contributed by atoms with E-state index in [0.29, 0.717) is 0 Å². The molecule has 1 aliphatic carbocycles. The maximum Gasteiger partial charge on any atom is 0.130 e. The monoisotopic (exact) mass is 255 g/mol. The highest BCUT2D eigenvalue weighted by atomic mass is 19.1. The predicted octanol–water partition coefficient (Wildman–Crippen LogP) is 3.31. The summed E-state index contributed by atoms with van der Waals surface area (Å²) in [7, 11) is 0. The molecule has 0 aliphatic heterocycles. The van der Waals surface area contributed by atoms with Gasteiger partial charge in [0.25, 0.3) is 0 Å². The molecule has 1 saturated carbocycles. The molecule has 1 aliphatic rings. The normalized spacial score (nSPS) is 18.8. The highest BCUT2D eigenvalue weighted by Crippen LogP contribution is 2.23. The Morgan fingerprint density at radius 3 is 2.39 bits per heavy atom. The summed E-state index contributed by atoms with van der Waals surface area (Å²) in [5.41, 5.74) is 5.73. The maximum absolute atomic E-state index is 13.5. The standard InChI is InChI=1S/C14H19F2NO/c15-11-7-4-8-12(16)14(11)13(17)9-18-10-5-2-1-3-6-10/h4,7-8,10,13H,1-3,5-6,9,17H2. The van der Waals surface area contributed by atoms with Crippen LogP contribution in [0, 0.1) is 11.6 Å². The van der Waals surface area contributed by atoms with Crippen molar-refractivity contribution < 1.29 is 13.5 Å². The number of halogens is 2. The van der Waals surface area contributed by atoms with E-state index in [9.17, 15) is 8.78 Å². The lowest BCUT2D eigenvalue weighted by Crippen LogP contribution is -2.25. The van der Waals surface area contributed by atoms with Crippen molar-refractivity contribution in [1.29, 1.82) is 0 Å². The molecule has 0 radical (unpaired) electrons. The first-order valence-corrected chi connectivity index (χ1v) is 6.49. The average molecular weight is 255 g/mol. The zero-order chi connectivity index (χ0) is 13.0. The second kappa shape index (κ2) is 6.25. The van der Waals surface area contributed by atoms with Crippen molar-refractivity contribution in [3.63, 3.8) is 0 Å². The van der Waals surface area contributed by atoms with Crippen LogP contribution < -0.4 is 5.73 Å². The lowest BCUT2D eigenvalue weighted by atomic mass is 9.97. The molecule has 1 aromatic rings. The number of hydrogen-bond donors (Lipinski definition) is 1. The SMILES string of the molecule is NC(COC1CCCCC1)c1c(F)cccc1F. The van der Waals surface area contributed by atoms with Crippen LogP contribution in [-0.4, -0.2) is 12.7 Å². The molecule has 2 rings (SSSR count). The van der Waals surface area contributed by atoms with Gasteiger partial charge in [0.05, 0.1) is 18.8 Å². The van der Waals surface area contributed by atoms with Gasteiger partial charge in [-0.05, 0) is 25.0 Å². The third-order valence-electron chi connectivity index (χ3n) is 3.43. The second-order valence-electron chi connectivity index (χ2n) is 4.84. The van der Waals surface area contributed by atoms with Crippen LogP contribution in [0.15, 0.2) is 18.2 Å². The number of hydrogen-bond acceptors (Lipinski definition) is 2. The predicted molar refractivity (Wildman–Crippen MR) is 66.1 cm³/mol. The number of ether oxygens (including phenoxy) is 1. The maximum atomic E-state index is 13.5. The molecule has 2 nitrogen and oxygen atoms in total. The summed E-state index contributed by atoms with van der Waals surface area (Å²) >= 11 is 0. The Balaban J connectivity index is 1.92. The van der Waals surface area contributed by atoms with Crippen LogP contribution in [-0.2, 0) is 4.74 Å². The highest BCUT2D eigenvalue weighted by Gasteiger charge is 2.19. The van der Waals surface area contributed by atoms with Crippen LogP contribution in [0.5, 0.6) is 0 Å². The van der Waals surface area contributed by atoms with Crippen molar-refractivity contribution >= 4 is 0 Å². The molecule has 0 saturated heterocycles. The zero-order valence-electron chi connectivity index (χ0n) is 10.4. The second-order valence-corrected chi connectivity index (χ2v) is 4.84. The van der Waals surface area contributed by atoms with E-state index in [1.54, 1.807) is 0 Å². The van der Waals surface area contributed by atoms with Gasteiger partial charge in [0, 0.05) is 5.56 Å². The zero-order valence-corrected chi connectivity index (χ0v) is 10.4. The summed E-state index contributed by atoms with van der Waals surface area (Å²) in [6.45, 7) is 0.169.